The average Bonchev–Trinajstić information content (AvgIpc) is 3.03. The molecular weight excluding hydrogens is 330 g/mol. The van der Waals surface area contributed by atoms with E-state index in [4.69, 9.17) is 10.5 Å². The van der Waals surface area contributed by atoms with Crippen LogP contribution in [-0.4, -0.2) is 28.1 Å². The van der Waals surface area contributed by atoms with Gasteiger partial charge in [0, 0.05) is 5.56 Å². The number of hydrogen-bond donors (Lipinski definition) is 1. The second kappa shape index (κ2) is 6.55. The van der Waals surface area contributed by atoms with Crippen LogP contribution in [-0.2, 0) is 0 Å². The molecule has 1 atom stereocenters. The van der Waals surface area contributed by atoms with Crippen LogP contribution < -0.4 is 10.5 Å². The molecule has 1 unspecified atom stereocenters. The third kappa shape index (κ3) is 3.30. The van der Waals surface area contributed by atoms with Gasteiger partial charge in [-0.05, 0) is 42.6 Å². The highest BCUT2D eigenvalue weighted by atomic mass is 32.2. The number of fused-ring (bicyclic) bond motifs is 1. The molecule has 2 heterocycles. The number of rotatable bonds is 5. The number of aromatic nitrogens is 2. The lowest BCUT2D eigenvalue weighted by atomic mass is 10.1. The van der Waals surface area contributed by atoms with Gasteiger partial charge in [0.15, 0.2) is 10.9 Å². The first-order valence-electron chi connectivity index (χ1n) is 6.94. The van der Waals surface area contributed by atoms with Crippen LogP contribution in [0.4, 0.5) is 5.82 Å². The number of carbonyl (C=O) groups excluding carboxylic acids is 1. The molecule has 118 valence electrons. The summed E-state index contributed by atoms with van der Waals surface area (Å²) in [6.45, 7) is 1.84. The standard InChI is InChI=1S/C16H15N3O2S2/c1-9(13(20)10-3-5-11(21-2)6-4-10)23-16-18-14(17)12-7-8-22-15(12)19-16/h3-9H,1-2H3,(H2,17,18,19). The molecule has 7 heteroatoms. The Balaban J connectivity index is 1.78. The predicted molar refractivity (Wildman–Crippen MR) is 94.5 cm³/mol. The van der Waals surface area contributed by atoms with Gasteiger partial charge >= 0.3 is 0 Å². The van der Waals surface area contributed by atoms with Crippen LogP contribution >= 0.6 is 23.1 Å². The topological polar surface area (TPSA) is 78.1 Å². The lowest BCUT2D eigenvalue weighted by Gasteiger charge is -2.10. The molecule has 2 N–H and O–H groups in total. The van der Waals surface area contributed by atoms with Gasteiger partial charge in [0.05, 0.1) is 17.7 Å². The molecule has 0 saturated heterocycles. The zero-order chi connectivity index (χ0) is 16.4. The molecule has 0 spiro atoms. The molecule has 0 amide bonds. The Morgan fingerprint density at radius 1 is 1.26 bits per heavy atom. The molecule has 0 saturated carbocycles. The van der Waals surface area contributed by atoms with E-state index in [1.165, 1.54) is 23.1 Å². The van der Waals surface area contributed by atoms with Crippen molar-refractivity contribution >= 4 is 44.9 Å². The van der Waals surface area contributed by atoms with Crippen molar-refractivity contribution in [2.24, 2.45) is 0 Å². The van der Waals surface area contributed by atoms with Crippen molar-refractivity contribution in [3.05, 3.63) is 41.3 Å². The van der Waals surface area contributed by atoms with E-state index in [9.17, 15) is 4.79 Å². The third-order valence-corrected chi connectivity index (χ3v) is 5.13. The first-order valence-corrected chi connectivity index (χ1v) is 8.70. The number of ketones is 1. The summed E-state index contributed by atoms with van der Waals surface area (Å²) in [4.78, 5) is 22.1. The lowest BCUT2D eigenvalue weighted by Crippen LogP contribution is -2.14. The predicted octanol–water partition coefficient (Wildman–Crippen LogP) is 3.65. The minimum atomic E-state index is -0.305. The first kappa shape index (κ1) is 15.8. The lowest BCUT2D eigenvalue weighted by molar-refractivity contribution is 0.0994. The highest BCUT2D eigenvalue weighted by Crippen LogP contribution is 2.29. The number of hydrogen-bond acceptors (Lipinski definition) is 7. The molecule has 5 nitrogen and oxygen atoms in total. The Bertz CT molecular complexity index is 846. The molecule has 3 aromatic rings. The smallest absolute Gasteiger partial charge is 0.191 e. The number of ether oxygens (including phenoxy) is 1. The van der Waals surface area contributed by atoms with E-state index in [1.54, 1.807) is 31.4 Å². The number of anilines is 1. The van der Waals surface area contributed by atoms with E-state index < -0.39 is 0 Å². The maximum absolute atomic E-state index is 12.5. The maximum Gasteiger partial charge on any atom is 0.191 e. The van der Waals surface area contributed by atoms with Gasteiger partial charge in [-0.15, -0.1) is 11.3 Å². The monoisotopic (exact) mass is 345 g/mol. The Morgan fingerprint density at radius 3 is 2.70 bits per heavy atom. The van der Waals surface area contributed by atoms with Crippen molar-refractivity contribution in [1.82, 2.24) is 9.97 Å². The van der Waals surface area contributed by atoms with Crippen molar-refractivity contribution in [2.75, 3.05) is 12.8 Å². The van der Waals surface area contributed by atoms with E-state index in [2.05, 4.69) is 9.97 Å². The van der Waals surface area contributed by atoms with Crippen LogP contribution in [0, 0.1) is 0 Å². The molecule has 1 aromatic carbocycles. The fourth-order valence-corrected chi connectivity index (χ4v) is 3.80. The minimum Gasteiger partial charge on any atom is -0.497 e. The van der Waals surface area contributed by atoms with Crippen LogP contribution in [0.25, 0.3) is 10.2 Å². The number of nitrogens with zero attached hydrogens (tertiary/aromatic N) is 2. The van der Waals surface area contributed by atoms with Crippen LogP contribution in [0.3, 0.4) is 0 Å². The van der Waals surface area contributed by atoms with E-state index in [1.807, 2.05) is 18.4 Å². The van der Waals surface area contributed by atoms with Gasteiger partial charge in [0.2, 0.25) is 0 Å². The SMILES string of the molecule is COc1ccc(C(=O)C(C)Sc2nc(N)c3ccsc3n2)cc1. The second-order valence-corrected chi connectivity index (χ2v) is 7.09. The molecule has 0 aliphatic heterocycles. The molecule has 0 aliphatic rings. The van der Waals surface area contributed by atoms with E-state index in [0.29, 0.717) is 16.5 Å². The van der Waals surface area contributed by atoms with Crippen LogP contribution in [0.1, 0.15) is 17.3 Å². The summed E-state index contributed by atoms with van der Waals surface area (Å²) in [5.41, 5.74) is 6.57. The van der Waals surface area contributed by atoms with E-state index >= 15 is 0 Å². The van der Waals surface area contributed by atoms with Gasteiger partial charge < -0.3 is 10.5 Å². The van der Waals surface area contributed by atoms with Crippen molar-refractivity contribution in [3.8, 4) is 5.75 Å². The average molecular weight is 345 g/mol. The van der Waals surface area contributed by atoms with Gasteiger partial charge in [0.25, 0.3) is 0 Å². The maximum atomic E-state index is 12.5. The Kier molecular flexibility index (Phi) is 4.49. The number of nitrogen functional groups attached to an aromatic ring is 1. The normalized spacial score (nSPS) is 12.3. The molecule has 0 fully saturated rings. The van der Waals surface area contributed by atoms with E-state index in [0.717, 1.165) is 16.0 Å². The quantitative estimate of drug-likeness (QED) is 0.432. The van der Waals surface area contributed by atoms with Gasteiger partial charge in [-0.25, -0.2) is 9.97 Å². The summed E-state index contributed by atoms with van der Waals surface area (Å²) < 4.78 is 5.10. The van der Waals surface area contributed by atoms with Crippen molar-refractivity contribution in [1.29, 1.82) is 0 Å². The second-order valence-electron chi connectivity index (χ2n) is 4.88. The first-order chi connectivity index (χ1) is 11.1. The zero-order valence-corrected chi connectivity index (χ0v) is 14.3. The Labute approximate surface area is 141 Å². The largest absolute Gasteiger partial charge is 0.497 e. The molecule has 0 bridgehead atoms. The molecule has 0 aliphatic carbocycles. The summed E-state index contributed by atoms with van der Waals surface area (Å²) >= 11 is 2.82. The summed E-state index contributed by atoms with van der Waals surface area (Å²) in [7, 11) is 1.60. The van der Waals surface area contributed by atoms with Crippen LogP contribution in [0.5, 0.6) is 5.75 Å². The molecule has 0 radical (unpaired) electrons. The fraction of sp³-hybridized carbons (Fsp3) is 0.188. The van der Waals surface area contributed by atoms with Crippen molar-refractivity contribution < 1.29 is 9.53 Å². The number of thiophene rings is 1. The Hall–Kier alpha value is -2.12. The molecule has 2 aromatic heterocycles. The highest BCUT2D eigenvalue weighted by molar-refractivity contribution is 8.00. The summed E-state index contributed by atoms with van der Waals surface area (Å²) in [6, 6.07) is 8.97. The number of benzene rings is 1. The fourth-order valence-electron chi connectivity index (χ4n) is 2.11. The van der Waals surface area contributed by atoms with E-state index in [-0.39, 0.29) is 11.0 Å². The molecule has 3 rings (SSSR count). The summed E-state index contributed by atoms with van der Waals surface area (Å²) in [6.07, 6.45) is 0. The van der Waals surface area contributed by atoms with Crippen LogP contribution in [0.15, 0.2) is 40.9 Å². The summed E-state index contributed by atoms with van der Waals surface area (Å²) in [5, 5.41) is 3.00. The Morgan fingerprint density at radius 2 is 2.00 bits per heavy atom. The van der Waals surface area contributed by atoms with Crippen molar-refractivity contribution in [3.63, 3.8) is 0 Å². The van der Waals surface area contributed by atoms with Gasteiger partial charge in [-0.2, -0.15) is 0 Å². The van der Waals surface area contributed by atoms with Crippen molar-refractivity contribution in [2.45, 2.75) is 17.3 Å². The number of thioether (sulfide) groups is 1. The van der Waals surface area contributed by atoms with Gasteiger partial charge in [0.1, 0.15) is 16.4 Å². The number of methoxy groups -OCH3 is 1. The minimum absolute atomic E-state index is 0.0195. The number of nitrogens with two attached hydrogens (primary N) is 1. The summed E-state index contributed by atoms with van der Waals surface area (Å²) in [5.74, 6) is 1.19. The molecular formula is C16H15N3O2S2. The third-order valence-electron chi connectivity index (χ3n) is 3.36. The van der Waals surface area contributed by atoms with Crippen LogP contribution in [0.2, 0.25) is 0 Å². The number of Topliss-reactive ketones (excluding diaryl/α,β-unsaturated/α-hetero) is 1. The van der Waals surface area contributed by atoms with Gasteiger partial charge in [-0.1, -0.05) is 11.8 Å². The van der Waals surface area contributed by atoms with Gasteiger partial charge in [-0.3, -0.25) is 4.79 Å². The number of carbonyl (C=O) groups is 1. The molecule has 23 heavy (non-hydrogen) atoms. The highest BCUT2D eigenvalue weighted by Gasteiger charge is 2.19. The zero-order valence-electron chi connectivity index (χ0n) is 12.6.